The van der Waals surface area contributed by atoms with Crippen LogP contribution in [0.3, 0.4) is 0 Å². The third kappa shape index (κ3) is 3.57. The standard InChI is InChI=1S/C15H16FNO2S/c1-11(17-14-7-5-13(16)6-8-14)12-3-9-15(10-4-12)20(2,18)19/h3-11,17H,1-2H3. The maximum absolute atomic E-state index is 12.8. The van der Waals surface area contributed by atoms with E-state index in [1.54, 1.807) is 36.4 Å². The Morgan fingerprint density at radius 1 is 1.00 bits per heavy atom. The van der Waals surface area contributed by atoms with E-state index in [-0.39, 0.29) is 11.9 Å². The number of hydrogen-bond donors (Lipinski definition) is 1. The van der Waals surface area contributed by atoms with Gasteiger partial charge in [0.2, 0.25) is 0 Å². The molecular formula is C15H16FNO2S. The van der Waals surface area contributed by atoms with E-state index in [1.807, 2.05) is 6.92 Å². The molecule has 20 heavy (non-hydrogen) atoms. The minimum atomic E-state index is -3.17. The fraction of sp³-hybridized carbons (Fsp3) is 0.200. The van der Waals surface area contributed by atoms with Gasteiger partial charge in [-0.25, -0.2) is 12.8 Å². The molecule has 0 radical (unpaired) electrons. The van der Waals surface area contributed by atoms with Gasteiger partial charge in [0.1, 0.15) is 5.82 Å². The highest BCUT2D eigenvalue weighted by Crippen LogP contribution is 2.21. The lowest BCUT2D eigenvalue weighted by Crippen LogP contribution is -2.07. The largest absolute Gasteiger partial charge is 0.379 e. The zero-order valence-electron chi connectivity index (χ0n) is 11.3. The molecule has 5 heteroatoms. The zero-order valence-corrected chi connectivity index (χ0v) is 12.1. The lowest BCUT2D eigenvalue weighted by Gasteiger charge is -2.16. The summed E-state index contributed by atoms with van der Waals surface area (Å²) < 4.78 is 35.6. The van der Waals surface area contributed by atoms with Gasteiger partial charge in [-0.15, -0.1) is 0 Å². The molecule has 106 valence electrons. The van der Waals surface area contributed by atoms with Gasteiger partial charge in [-0.2, -0.15) is 0 Å². The minimum absolute atomic E-state index is 0.00549. The monoisotopic (exact) mass is 293 g/mol. The van der Waals surface area contributed by atoms with Crippen molar-refractivity contribution in [3.63, 3.8) is 0 Å². The smallest absolute Gasteiger partial charge is 0.175 e. The lowest BCUT2D eigenvalue weighted by atomic mass is 10.1. The number of nitrogens with one attached hydrogen (secondary N) is 1. The van der Waals surface area contributed by atoms with Crippen molar-refractivity contribution in [3.8, 4) is 0 Å². The van der Waals surface area contributed by atoms with Crippen molar-refractivity contribution in [1.82, 2.24) is 0 Å². The molecule has 2 aromatic rings. The van der Waals surface area contributed by atoms with Crippen molar-refractivity contribution in [3.05, 3.63) is 59.9 Å². The van der Waals surface area contributed by atoms with Gasteiger partial charge in [-0.1, -0.05) is 12.1 Å². The molecule has 0 aliphatic carbocycles. The van der Waals surface area contributed by atoms with Crippen molar-refractivity contribution in [2.24, 2.45) is 0 Å². The van der Waals surface area contributed by atoms with E-state index in [9.17, 15) is 12.8 Å². The lowest BCUT2D eigenvalue weighted by molar-refractivity contribution is 0.602. The highest BCUT2D eigenvalue weighted by atomic mass is 32.2. The Kier molecular flexibility index (Phi) is 4.09. The van der Waals surface area contributed by atoms with Gasteiger partial charge in [0, 0.05) is 18.0 Å². The Labute approximate surface area is 118 Å². The van der Waals surface area contributed by atoms with Crippen LogP contribution < -0.4 is 5.32 Å². The zero-order chi connectivity index (χ0) is 14.8. The molecule has 0 aliphatic rings. The van der Waals surface area contributed by atoms with Crippen LogP contribution in [0, 0.1) is 5.82 Å². The molecule has 2 aromatic carbocycles. The number of hydrogen-bond acceptors (Lipinski definition) is 3. The molecule has 2 rings (SSSR count). The Balaban J connectivity index is 2.13. The van der Waals surface area contributed by atoms with Crippen LogP contribution in [0.2, 0.25) is 0 Å². The van der Waals surface area contributed by atoms with Gasteiger partial charge in [0.05, 0.1) is 4.90 Å². The van der Waals surface area contributed by atoms with E-state index in [4.69, 9.17) is 0 Å². The van der Waals surface area contributed by atoms with Crippen LogP contribution in [-0.4, -0.2) is 14.7 Å². The average molecular weight is 293 g/mol. The van der Waals surface area contributed by atoms with E-state index in [0.717, 1.165) is 11.3 Å². The summed E-state index contributed by atoms with van der Waals surface area (Å²) in [6.07, 6.45) is 1.18. The highest BCUT2D eigenvalue weighted by molar-refractivity contribution is 7.90. The van der Waals surface area contributed by atoms with E-state index in [0.29, 0.717) is 4.90 Å². The van der Waals surface area contributed by atoms with Crippen LogP contribution in [0.4, 0.5) is 10.1 Å². The van der Waals surface area contributed by atoms with Crippen LogP contribution in [0.25, 0.3) is 0 Å². The molecule has 0 aliphatic heterocycles. The van der Waals surface area contributed by atoms with Crippen LogP contribution in [0.1, 0.15) is 18.5 Å². The second-order valence-electron chi connectivity index (χ2n) is 4.71. The molecule has 0 aromatic heterocycles. The van der Waals surface area contributed by atoms with Crippen molar-refractivity contribution >= 4 is 15.5 Å². The third-order valence-corrected chi connectivity index (χ3v) is 4.16. The maximum atomic E-state index is 12.8. The van der Waals surface area contributed by atoms with Gasteiger partial charge in [0.15, 0.2) is 9.84 Å². The Hall–Kier alpha value is -1.88. The summed E-state index contributed by atoms with van der Waals surface area (Å²) in [5.74, 6) is -0.277. The number of benzene rings is 2. The van der Waals surface area contributed by atoms with Crippen molar-refractivity contribution in [1.29, 1.82) is 0 Å². The first kappa shape index (κ1) is 14.5. The number of halogens is 1. The molecule has 1 N–H and O–H groups in total. The van der Waals surface area contributed by atoms with Gasteiger partial charge in [-0.05, 0) is 48.9 Å². The summed E-state index contributed by atoms with van der Waals surface area (Å²) >= 11 is 0. The molecular weight excluding hydrogens is 277 g/mol. The average Bonchev–Trinajstić information content (AvgIpc) is 2.40. The SMILES string of the molecule is CC(Nc1ccc(F)cc1)c1ccc(S(C)(=O)=O)cc1. The first-order chi connectivity index (χ1) is 9.36. The fourth-order valence-electron chi connectivity index (χ4n) is 1.88. The van der Waals surface area contributed by atoms with Crippen molar-refractivity contribution in [2.75, 3.05) is 11.6 Å². The second kappa shape index (κ2) is 5.63. The van der Waals surface area contributed by atoms with Crippen molar-refractivity contribution < 1.29 is 12.8 Å². The van der Waals surface area contributed by atoms with Gasteiger partial charge >= 0.3 is 0 Å². The Morgan fingerprint density at radius 3 is 2.05 bits per heavy atom. The predicted octanol–water partition coefficient (Wildman–Crippen LogP) is 3.40. The van der Waals surface area contributed by atoms with E-state index in [1.165, 1.54) is 18.4 Å². The maximum Gasteiger partial charge on any atom is 0.175 e. The number of sulfone groups is 1. The molecule has 0 saturated carbocycles. The van der Waals surface area contributed by atoms with Gasteiger partial charge < -0.3 is 5.32 Å². The van der Waals surface area contributed by atoms with E-state index in [2.05, 4.69) is 5.32 Å². The van der Waals surface area contributed by atoms with E-state index < -0.39 is 9.84 Å². The highest BCUT2D eigenvalue weighted by Gasteiger charge is 2.09. The van der Waals surface area contributed by atoms with Gasteiger partial charge in [0.25, 0.3) is 0 Å². The second-order valence-corrected chi connectivity index (χ2v) is 6.73. The summed E-state index contributed by atoms with van der Waals surface area (Å²) in [7, 11) is -3.17. The molecule has 0 saturated heterocycles. The molecule has 1 atom stereocenters. The molecule has 0 heterocycles. The Bertz CT molecular complexity index is 679. The summed E-state index contributed by atoms with van der Waals surface area (Å²) in [5, 5.41) is 3.23. The Morgan fingerprint density at radius 2 is 1.55 bits per heavy atom. The summed E-state index contributed by atoms with van der Waals surface area (Å²) in [6, 6.07) is 12.8. The molecule has 3 nitrogen and oxygen atoms in total. The predicted molar refractivity (Wildman–Crippen MR) is 78.0 cm³/mol. The number of rotatable bonds is 4. The first-order valence-corrected chi connectivity index (χ1v) is 8.07. The molecule has 0 fully saturated rings. The quantitative estimate of drug-likeness (QED) is 0.939. The third-order valence-electron chi connectivity index (χ3n) is 3.04. The van der Waals surface area contributed by atoms with Crippen LogP contribution in [-0.2, 0) is 9.84 Å². The van der Waals surface area contributed by atoms with Crippen molar-refractivity contribution in [2.45, 2.75) is 17.9 Å². The topological polar surface area (TPSA) is 46.2 Å². The molecule has 1 unspecified atom stereocenters. The summed E-state index contributed by atoms with van der Waals surface area (Å²) in [4.78, 5) is 0.301. The van der Waals surface area contributed by atoms with E-state index >= 15 is 0 Å². The van der Waals surface area contributed by atoms with Crippen LogP contribution in [0.5, 0.6) is 0 Å². The minimum Gasteiger partial charge on any atom is -0.379 e. The summed E-state index contributed by atoms with van der Waals surface area (Å²) in [5.41, 5.74) is 1.77. The molecule has 0 spiro atoms. The fourth-order valence-corrected chi connectivity index (χ4v) is 2.51. The molecule has 0 amide bonds. The normalized spacial score (nSPS) is 12.9. The van der Waals surface area contributed by atoms with Crippen LogP contribution in [0.15, 0.2) is 53.4 Å². The first-order valence-electron chi connectivity index (χ1n) is 6.18. The summed E-state index contributed by atoms with van der Waals surface area (Å²) in [6.45, 7) is 1.96. The van der Waals surface area contributed by atoms with Gasteiger partial charge in [-0.3, -0.25) is 0 Å². The molecule has 0 bridgehead atoms. The van der Waals surface area contributed by atoms with Crippen LogP contribution >= 0.6 is 0 Å². The number of anilines is 1.